The Labute approximate surface area is 166 Å². The third kappa shape index (κ3) is 5.33. The van der Waals surface area contributed by atoms with Gasteiger partial charge in [0.1, 0.15) is 5.69 Å². The van der Waals surface area contributed by atoms with Gasteiger partial charge in [0, 0.05) is 24.2 Å². The van der Waals surface area contributed by atoms with Crippen LogP contribution in [-0.2, 0) is 6.54 Å². The fraction of sp³-hybridized carbons (Fsp3) is 0.524. The van der Waals surface area contributed by atoms with Crippen molar-refractivity contribution in [3.8, 4) is 0 Å². The van der Waals surface area contributed by atoms with E-state index >= 15 is 0 Å². The van der Waals surface area contributed by atoms with Gasteiger partial charge in [0.15, 0.2) is 0 Å². The van der Waals surface area contributed by atoms with E-state index in [1.165, 1.54) is 25.7 Å². The average molecular weight is 389 g/mol. The molecule has 0 aliphatic heterocycles. The molecule has 1 saturated carbocycles. The minimum absolute atomic E-state index is 0.0144. The smallest absolute Gasteiger partial charge is 0.272 e. The number of nitrogens with one attached hydrogen (secondary N) is 2. The summed E-state index contributed by atoms with van der Waals surface area (Å²) in [5, 5.41) is 11.0. The lowest BCUT2D eigenvalue weighted by Crippen LogP contribution is -2.34. The maximum Gasteiger partial charge on any atom is 0.272 e. The molecule has 1 heterocycles. The van der Waals surface area contributed by atoms with Gasteiger partial charge in [-0.2, -0.15) is 5.10 Å². The molecule has 146 valence electrons. The number of H-pyrrole nitrogens is 1. The van der Waals surface area contributed by atoms with Crippen LogP contribution < -0.4 is 5.32 Å². The molecule has 1 aromatic heterocycles. The molecule has 27 heavy (non-hydrogen) atoms. The summed E-state index contributed by atoms with van der Waals surface area (Å²) in [6.07, 6.45) is 5.92. The fourth-order valence-electron chi connectivity index (χ4n) is 3.86. The predicted octanol–water partition coefficient (Wildman–Crippen LogP) is 4.18. The molecule has 0 radical (unpaired) electrons. The van der Waals surface area contributed by atoms with E-state index in [0.29, 0.717) is 29.2 Å². The molecular formula is C21H29ClN4O. The van der Waals surface area contributed by atoms with Gasteiger partial charge in [-0.1, -0.05) is 29.8 Å². The Hall–Kier alpha value is -1.85. The van der Waals surface area contributed by atoms with E-state index < -0.39 is 0 Å². The third-order valence-electron chi connectivity index (χ3n) is 5.60. The summed E-state index contributed by atoms with van der Waals surface area (Å²) < 4.78 is 0. The van der Waals surface area contributed by atoms with Crippen LogP contribution in [0.2, 0.25) is 5.02 Å². The fourth-order valence-corrected chi connectivity index (χ4v) is 4.06. The first-order chi connectivity index (χ1) is 13.1. The number of rotatable bonds is 7. The highest BCUT2D eigenvalue weighted by Gasteiger charge is 2.23. The van der Waals surface area contributed by atoms with E-state index in [0.717, 1.165) is 24.2 Å². The molecule has 1 aliphatic carbocycles. The van der Waals surface area contributed by atoms with Crippen LogP contribution in [-0.4, -0.2) is 40.6 Å². The predicted molar refractivity (Wildman–Crippen MR) is 109 cm³/mol. The maximum absolute atomic E-state index is 13.0. The summed E-state index contributed by atoms with van der Waals surface area (Å²) >= 11 is 6.34. The Morgan fingerprint density at radius 1 is 1.30 bits per heavy atom. The van der Waals surface area contributed by atoms with E-state index in [1.807, 2.05) is 43.1 Å². The maximum atomic E-state index is 13.0. The van der Waals surface area contributed by atoms with Gasteiger partial charge in [-0.3, -0.25) is 9.89 Å². The summed E-state index contributed by atoms with van der Waals surface area (Å²) in [4.78, 5) is 14.9. The molecule has 0 saturated heterocycles. The quantitative estimate of drug-likeness (QED) is 0.747. The van der Waals surface area contributed by atoms with Crippen LogP contribution in [0.4, 0.5) is 0 Å². The zero-order chi connectivity index (χ0) is 19.2. The number of carbonyl (C=O) groups is 1. The summed E-state index contributed by atoms with van der Waals surface area (Å²) in [5.41, 5.74) is 2.34. The lowest BCUT2D eigenvalue weighted by atomic mass is 9.84. The second kappa shape index (κ2) is 9.38. The van der Waals surface area contributed by atoms with Gasteiger partial charge in [-0.05, 0) is 69.7 Å². The molecule has 0 atom stereocenters. The van der Waals surface area contributed by atoms with Crippen LogP contribution in [0.15, 0.2) is 30.3 Å². The number of halogens is 1. The summed E-state index contributed by atoms with van der Waals surface area (Å²) in [6.45, 7) is 3.13. The Balaban J connectivity index is 1.68. The monoisotopic (exact) mass is 388 g/mol. The van der Waals surface area contributed by atoms with Crippen LogP contribution in [0.5, 0.6) is 0 Å². The number of aromatic amines is 1. The first kappa shape index (κ1) is 19.9. The Morgan fingerprint density at radius 2 is 2.04 bits per heavy atom. The van der Waals surface area contributed by atoms with Crippen molar-refractivity contribution in [2.45, 2.75) is 51.6 Å². The van der Waals surface area contributed by atoms with Gasteiger partial charge >= 0.3 is 0 Å². The van der Waals surface area contributed by atoms with Crippen molar-refractivity contribution in [1.82, 2.24) is 20.4 Å². The first-order valence-electron chi connectivity index (χ1n) is 9.78. The normalized spacial score (nSPS) is 19.8. The third-order valence-corrected chi connectivity index (χ3v) is 5.97. The number of benzene rings is 1. The highest BCUT2D eigenvalue weighted by Crippen LogP contribution is 2.27. The Kier molecular flexibility index (Phi) is 6.91. The van der Waals surface area contributed by atoms with Crippen LogP contribution in [0.3, 0.4) is 0 Å². The van der Waals surface area contributed by atoms with E-state index in [4.69, 9.17) is 11.6 Å². The minimum atomic E-state index is -0.0144. The van der Waals surface area contributed by atoms with Gasteiger partial charge in [0.05, 0.1) is 5.69 Å². The van der Waals surface area contributed by atoms with Crippen LogP contribution in [0.25, 0.3) is 0 Å². The molecule has 1 amide bonds. The number of hydrogen-bond donors (Lipinski definition) is 2. The number of hydrogen-bond acceptors (Lipinski definition) is 3. The molecule has 0 bridgehead atoms. The van der Waals surface area contributed by atoms with E-state index in [2.05, 4.69) is 15.5 Å². The Bertz CT molecular complexity index is 752. The van der Waals surface area contributed by atoms with Crippen LogP contribution in [0, 0.1) is 12.8 Å². The molecule has 1 fully saturated rings. The van der Waals surface area contributed by atoms with Crippen molar-refractivity contribution in [3.63, 3.8) is 0 Å². The van der Waals surface area contributed by atoms with Crippen LogP contribution >= 0.6 is 11.6 Å². The summed E-state index contributed by atoms with van der Waals surface area (Å²) in [5.74, 6) is 0.666. The molecule has 2 aromatic rings. The number of amides is 1. The molecule has 1 aliphatic rings. The highest BCUT2D eigenvalue weighted by molar-refractivity contribution is 6.31. The molecule has 3 rings (SSSR count). The van der Waals surface area contributed by atoms with Gasteiger partial charge in [0.25, 0.3) is 5.91 Å². The number of aromatic nitrogens is 2. The largest absolute Gasteiger partial charge is 0.333 e. The van der Waals surface area contributed by atoms with Crippen molar-refractivity contribution in [3.05, 3.63) is 52.3 Å². The van der Waals surface area contributed by atoms with Gasteiger partial charge in [-0.25, -0.2) is 0 Å². The van der Waals surface area contributed by atoms with Gasteiger partial charge < -0.3 is 10.2 Å². The standard InChI is InChI=1S/C21H29ClN4O/c1-15-13-20(25-24-15)21(27)26(14-17-5-3-4-6-19(17)22)12-11-16-7-9-18(23-2)10-8-16/h3-6,13,16,18,23H,7-12,14H2,1-2H3,(H,24,25). The molecular weight excluding hydrogens is 360 g/mol. The average Bonchev–Trinajstić information content (AvgIpc) is 3.12. The lowest BCUT2D eigenvalue weighted by Gasteiger charge is -2.30. The molecule has 6 heteroatoms. The minimum Gasteiger partial charge on any atom is -0.333 e. The van der Waals surface area contributed by atoms with Crippen molar-refractivity contribution >= 4 is 17.5 Å². The van der Waals surface area contributed by atoms with E-state index in [-0.39, 0.29) is 5.91 Å². The second-order valence-corrected chi connectivity index (χ2v) is 7.94. The first-order valence-corrected chi connectivity index (χ1v) is 10.2. The molecule has 0 spiro atoms. The summed E-state index contributed by atoms with van der Waals surface area (Å²) in [7, 11) is 2.04. The molecule has 1 aromatic carbocycles. The SMILES string of the molecule is CNC1CCC(CCN(Cc2ccccc2Cl)C(=O)c2cc(C)n[nH]2)CC1. The molecule has 5 nitrogen and oxygen atoms in total. The van der Waals surface area contributed by atoms with Crippen LogP contribution in [0.1, 0.15) is 53.8 Å². The zero-order valence-corrected chi connectivity index (χ0v) is 16.9. The molecule has 0 unspecified atom stereocenters. The van der Waals surface area contributed by atoms with Crippen molar-refractivity contribution in [1.29, 1.82) is 0 Å². The van der Waals surface area contributed by atoms with Gasteiger partial charge in [0.2, 0.25) is 0 Å². The van der Waals surface area contributed by atoms with E-state index in [9.17, 15) is 4.79 Å². The van der Waals surface area contributed by atoms with Crippen molar-refractivity contribution in [2.75, 3.05) is 13.6 Å². The second-order valence-electron chi connectivity index (χ2n) is 7.54. The number of aryl methyl sites for hydroxylation is 1. The highest BCUT2D eigenvalue weighted by atomic mass is 35.5. The number of carbonyl (C=O) groups excluding carboxylic acids is 1. The molecule has 2 N–H and O–H groups in total. The topological polar surface area (TPSA) is 61.0 Å². The number of nitrogens with zero attached hydrogens (tertiary/aromatic N) is 2. The lowest BCUT2D eigenvalue weighted by molar-refractivity contribution is 0.0721. The zero-order valence-electron chi connectivity index (χ0n) is 16.2. The van der Waals surface area contributed by atoms with Crippen molar-refractivity contribution < 1.29 is 4.79 Å². The summed E-state index contributed by atoms with van der Waals surface area (Å²) in [6, 6.07) is 10.2. The Morgan fingerprint density at radius 3 is 2.67 bits per heavy atom. The van der Waals surface area contributed by atoms with Crippen molar-refractivity contribution in [2.24, 2.45) is 5.92 Å². The van der Waals surface area contributed by atoms with Gasteiger partial charge in [-0.15, -0.1) is 0 Å². The van der Waals surface area contributed by atoms with E-state index in [1.54, 1.807) is 6.07 Å².